The molecule has 2 N–H and O–H groups in total. The number of rotatable bonds is 4. The van der Waals surface area contributed by atoms with Crippen LogP contribution in [-0.2, 0) is 0 Å². The summed E-state index contributed by atoms with van der Waals surface area (Å²) in [6.07, 6.45) is 3.34. The van der Waals surface area contributed by atoms with Gasteiger partial charge in [0.05, 0.1) is 4.47 Å². The number of halogens is 2. The van der Waals surface area contributed by atoms with Crippen molar-refractivity contribution >= 4 is 40.0 Å². The van der Waals surface area contributed by atoms with Crippen LogP contribution in [0.1, 0.15) is 10.6 Å². The molecule has 1 saturated heterocycles. The molecule has 0 atom stereocenters. The van der Waals surface area contributed by atoms with E-state index in [9.17, 15) is 4.79 Å². The third kappa shape index (κ3) is 4.13. The van der Waals surface area contributed by atoms with Gasteiger partial charge in [-0.05, 0) is 15.9 Å². The summed E-state index contributed by atoms with van der Waals surface area (Å²) in [5, 5.41) is 10.3. The molecule has 2 aromatic rings. The molecule has 10 heteroatoms. The highest BCUT2D eigenvalue weighted by atomic mass is 79.9. The van der Waals surface area contributed by atoms with Crippen LogP contribution in [0, 0.1) is 0 Å². The molecule has 3 rings (SSSR count). The third-order valence-corrected chi connectivity index (χ3v) is 3.70. The average Bonchev–Trinajstić information content (AvgIpc) is 2.91. The summed E-state index contributed by atoms with van der Waals surface area (Å²) in [5.41, 5.74) is 0. The summed E-state index contributed by atoms with van der Waals surface area (Å²) in [6.45, 7) is 5.46. The minimum absolute atomic E-state index is 0. The molecule has 22 heavy (non-hydrogen) atoms. The molecule has 2 aromatic heterocycles. The lowest BCUT2D eigenvalue weighted by Crippen LogP contribution is -2.46. The summed E-state index contributed by atoms with van der Waals surface area (Å²) in [6, 6.07) is 0. The first kappa shape index (κ1) is 17.1. The molecule has 1 aliphatic rings. The van der Waals surface area contributed by atoms with Crippen LogP contribution < -0.4 is 10.6 Å². The molecule has 1 amide bonds. The summed E-state index contributed by atoms with van der Waals surface area (Å²) >= 11 is 3.30. The number of carbonyl (C=O) groups is 1. The minimum Gasteiger partial charge on any atom is -0.348 e. The molecule has 8 nitrogen and oxygen atoms in total. The molecule has 0 bridgehead atoms. The summed E-state index contributed by atoms with van der Waals surface area (Å²) in [4.78, 5) is 22.5. The molecular weight excluding hydrogens is 374 g/mol. The maximum absolute atomic E-state index is 12.0. The Morgan fingerprint density at radius 1 is 1.41 bits per heavy atom. The zero-order valence-electron chi connectivity index (χ0n) is 11.8. The van der Waals surface area contributed by atoms with E-state index in [4.69, 9.17) is 0 Å². The topological polar surface area (TPSA) is 87.5 Å². The number of nitrogens with zero attached hydrogens (tertiary/aromatic N) is 5. The highest BCUT2D eigenvalue weighted by molar-refractivity contribution is 9.10. The molecule has 0 aliphatic carbocycles. The number of hydrogen-bond acceptors (Lipinski definition) is 6. The van der Waals surface area contributed by atoms with Gasteiger partial charge in [-0.15, -0.1) is 17.5 Å². The first-order chi connectivity index (χ1) is 10.2. The lowest BCUT2D eigenvalue weighted by Gasteiger charge is -2.26. The number of nitrogens with one attached hydrogen (secondary N) is 2. The van der Waals surface area contributed by atoms with E-state index in [2.05, 4.69) is 46.5 Å². The molecule has 0 unspecified atom stereocenters. The molecule has 1 fully saturated rings. The Bertz CT molecular complexity index is 643. The van der Waals surface area contributed by atoms with Crippen molar-refractivity contribution in [3.05, 3.63) is 22.7 Å². The molecule has 3 heterocycles. The number of amides is 1. The van der Waals surface area contributed by atoms with Crippen molar-refractivity contribution in [2.24, 2.45) is 0 Å². The molecule has 0 radical (unpaired) electrons. The van der Waals surface area contributed by atoms with Crippen molar-refractivity contribution in [2.45, 2.75) is 0 Å². The Kier molecular flexibility index (Phi) is 6.07. The van der Waals surface area contributed by atoms with Crippen molar-refractivity contribution in [3.63, 3.8) is 0 Å². The standard InChI is InChI=1S/C12H16BrN7O.ClH/c13-9-7-16-12-17-10(18-20(12)8-9)11(21)15-3-6-19-4-1-14-2-5-19;/h7-8,14H,1-6H2,(H,15,21);1H. The van der Waals surface area contributed by atoms with Crippen LogP contribution in [0.3, 0.4) is 0 Å². The average molecular weight is 391 g/mol. The number of fused-ring (bicyclic) bond motifs is 1. The smallest absolute Gasteiger partial charge is 0.291 e. The van der Waals surface area contributed by atoms with Gasteiger partial charge >= 0.3 is 0 Å². The van der Waals surface area contributed by atoms with Gasteiger partial charge in [-0.2, -0.15) is 4.98 Å². The van der Waals surface area contributed by atoms with Gasteiger partial charge in [-0.1, -0.05) is 0 Å². The number of hydrogen-bond donors (Lipinski definition) is 2. The molecule has 1 aliphatic heterocycles. The van der Waals surface area contributed by atoms with Gasteiger partial charge in [-0.25, -0.2) is 9.50 Å². The largest absolute Gasteiger partial charge is 0.348 e. The van der Waals surface area contributed by atoms with Crippen LogP contribution in [-0.4, -0.2) is 69.7 Å². The number of carbonyl (C=O) groups excluding carboxylic acids is 1. The van der Waals surface area contributed by atoms with Crippen molar-refractivity contribution in [1.82, 2.24) is 35.1 Å². The van der Waals surface area contributed by atoms with Crippen LogP contribution >= 0.6 is 28.3 Å². The van der Waals surface area contributed by atoms with Crippen LogP contribution in [0.2, 0.25) is 0 Å². The second-order valence-corrected chi connectivity index (χ2v) is 5.72. The van der Waals surface area contributed by atoms with E-state index in [0.717, 1.165) is 37.2 Å². The first-order valence-corrected chi connectivity index (χ1v) is 7.61. The van der Waals surface area contributed by atoms with E-state index < -0.39 is 0 Å². The Hall–Kier alpha value is -1.29. The summed E-state index contributed by atoms with van der Waals surface area (Å²) in [7, 11) is 0. The minimum atomic E-state index is -0.272. The fourth-order valence-electron chi connectivity index (χ4n) is 2.20. The van der Waals surface area contributed by atoms with Gasteiger partial charge in [0.2, 0.25) is 5.82 Å². The highest BCUT2D eigenvalue weighted by Crippen LogP contribution is 2.07. The van der Waals surface area contributed by atoms with Crippen molar-refractivity contribution in [3.8, 4) is 0 Å². The number of aromatic nitrogens is 4. The van der Waals surface area contributed by atoms with Gasteiger partial charge in [0, 0.05) is 51.7 Å². The van der Waals surface area contributed by atoms with Crippen molar-refractivity contribution in [1.29, 1.82) is 0 Å². The van der Waals surface area contributed by atoms with Crippen LogP contribution in [0.15, 0.2) is 16.9 Å². The van der Waals surface area contributed by atoms with E-state index in [0.29, 0.717) is 12.3 Å². The fourth-order valence-corrected chi connectivity index (χ4v) is 2.49. The first-order valence-electron chi connectivity index (χ1n) is 6.81. The van der Waals surface area contributed by atoms with E-state index in [1.54, 1.807) is 12.4 Å². The predicted molar refractivity (Wildman–Crippen MR) is 87.4 cm³/mol. The van der Waals surface area contributed by atoms with E-state index in [1.807, 2.05) is 0 Å². The summed E-state index contributed by atoms with van der Waals surface area (Å²) < 4.78 is 2.26. The Morgan fingerprint density at radius 2 is 2.18 bits per heavy atom. The quantitative estimate of drug-likeness (QED) is 0.761. The van der Waals surface area contributed by atoms with Gasteiger partial charge < -0.3 is 10.6 Å². The summed E-state index contributed by atoms with van der Waals surface area (Å²) in [5.74, 6) is 0.276. The molecule has 0 aromatic carbocycles. The molecule has 120 valence electrons. The van der Waals surface area contributed by atoms with Crippen molar-refractivity contribution in [2.75, 3.05) is 39.3 Å². The van der Waals surface area contributed by atoms with E-state index in [-0.39, 0.29) is 24.1 Å². The monoisotopic (exact) mass is 389 g/mol. The highest BCUT2D eigenvalue weighted by Gasteiger charge is 2.14. The molecule has 0 spiro atoms. The lowest BCUT2D eigenvalue weighted by molar-refractivity contribution is 0.0937. The maximum atomic E-state index is 12.0. The van der Waals surface area contributed by atoms with E-state index >= 15 is 0 Å². The van der Waals surface area contributed by atoms with Crippen LogP contribution in [0.4, 0.5) is 0 Å². The normalized spacial score (nSPS) is 15.5. The van der Waals surface area contributed by atoms with Crippen LogP contribution in [0.5, 0.6) is 0 Å². The third-order valence-electron chi connectivity index (χ3n) is 3.29. The van der Waals surface area contributed by atoms with Crippen LogP contribution in [0.25, 0.3) is 5.78 Å². The zero-order valence-corrected chi connectivity index (χ0v) is 14.2. The van der Waals surface area contributed by atoms with Gasteiger partial charge in [0.25, 0.3) is 11.7 Å². The number of piperazine rings is 1. The fraction of sp³-hybridized carbons (Fsp3) is 0.500. The van der Waals surface area contributed by atoms with Gasteiger partial charge in [0.1, 0.15) is 0 Å². The lowest BCUT2D eigenvalue weighted by atomic mass is 10.3. The molecular formula is C12H17BrClN7O. The Labute approximate surface area is 142 Å². The van der Waals surface area contributed by atoms with Gasteiger partial charge in [-0.3, -0.25) is 9.69 Å². The van der Waals surface area contributed by atoms with E-state index in [1.165, 1.54) is 4.52 Å². The zero-order chi connectivity index (χ0) is 14.7. The SMILES string of the molecule is Cl.O=C(NCCN1CCNCC1)c1nc2ncc(Br)cn2n1. The Balaban J connectivity index is 0.00000176. The van der Waals surface area contributed by atoms with Crippen molar-refractivity contribution < 1.29 is 4.79 Å². The van der Waals surface area contributed by atoms with Gasteiger partial charge in [0.15, 0.2) is 0 Å². The molecule has 0 saturated carbocycles. The maximum Gasteiger partial charge on any atom is 0.291 e. The second kappa shape index (κ2) is 7.82. The second-order valence-electron chi connectivity index (χ2n) is 4.80. The Morgan fingerprint density at radius 3 is 2.95 bits per heavy atom. The predicted octanol–water partition coefficient (Wildman–Crippen LogP) is -0.0564.